The predicted octanol–water partition coefficient (Wildman–Crippen LogP) is 2.38. The standard InChI is InChI=1S/C18H24N2O3S/c1-13-18(23-12-16(21)20(13)11-14-4-5-14)6-8-19(9-7-18)17(22)15-3-2-10-24-15/h2-3,10,13-14H,4-9,11-12H2,1H3/t13-/m1/s1. The fraction of sp³-hybridized carbons (Fsp3) is 0.667. The first-order chi connectivity index (χ1) is 11.6. The van der Waals surface area contributed by atoms with Gasteiger partial charge in [0.25, 0.3) is 5.91 Å². The van der Waals surface area contributed by atoms with E-state index in [4.69, 9.17) is 4.74 Å². The van der Waals surface area contributed by atoms with Crippen molar-refractivity contribution in [2.24, 2.45) is 5.92 Å². The molecule has 0 bridgehead atoms. The van der Waals surface area contributed by atoms with E-state index in [1.807, 2.05) is 27.3 Å². The molecule has 1 aromatic heterocycles. The molecule has 24 heavy (non-hydrogen) atoms. The van der Waals surface area contributed by atoms with Crippen LogP contribution in [0.1, 0.15) is 42.3 Å². The number of hydrogen-bond donors (Lipinski definition) is 0. The van der Waals surface area contributed by atoms with E-state index >= 15 is 0 Å². The summed E-state index contributed by atoms with van der Waals surface area (Å²) in [5.74, 6) is 0.929. The summed E-state index contributed by atoms with van der Waals surface area (Å²) in [4.78, 5) is 29.5. The lowest BCUT2D eigenvalue weighted by atomic mass is 9.82. The lowest BCUT2D eigenvalue weighted by Gasteiger charge is -2.51. The first-order valence-corrected chi connectivity index (χ1v) is 9.73. The van der Waals surface area contributed by atoms with Crippen LogP contribution in [0, 0.1) is 5.92 Å². The highest BCUT2D eigenvalue weighted by molar-refractivity contribution is 7.12. The van der Waals surface area contributed by atoms with Crippen LogP contribution in [-0.2, 0) is 9.53 Å². The minimum absolute atomic E-state index is 0.0957. The van der Waals surface area contributed by atoms with Gasteiger partial charge in [0.1, 0.15) is 6.61 Å². The summed E-state index contributed by atoms with van der Waals surface area (Å²) < 4.78 is 6.06. The van der Waals surface area contributed by atoms with Gasteiger partial charge < -0.3 is 14.5 Å². The van der Waals surface area contributed by atoms with Gasteiger partial charge in [-0.25, -0.2) is 0 Å². The van der Waals surface area contributed by atoms with E-state index in [2.05, 4.69) is 6.92 Å². The van der Waals surface area contributed by atoms with Crippen molar-refractivity contribution in [2.75, 3.05) is 26.2 Å². The van der Waals surface area contributed by atoms with Gasteiger partial charge >= 0.3 is 0 Å². The Morgan fingerprint density at radius 1 is 1.38 bits per heavy atom. The minimum atomic E-state index is -0.283. The number of carbonyl (C=O) groups excluding carboxylic acids is 2. The summed E-state index contributed by atoms with van der Waals surface area (Å²) in [6, 6.07) is 3.89. The van der Waals surface area contributed by atoms with Gasteiger partial charge in [0.05, 0.1) is 16.5 Å². The molecule has 3 fully saturated rings. The maximum atomic E-state index is 12.5. The van der Waals surface area contributed by atoms with Crippen LogP contribution in [0.2, 0.25) is 0 Å². The molecule has 0 aromatic carbocycles. The number of hydrogen-bond acceptors (Lipinski definition) is 4. The summed E-state index contributed by atoms with van der Waals surface area (Å²) in [7, 11) is 0. The Morgan fingerprint density at radius 2 is 2.12 bits per heavy atom. The molecule has 5 nitrogen and oxygen atoms in total. The molecule has 0 N–H and O–H groups in total. The van der Waals surface area contributed by atoms with Gasteiger partial charge in [0, 0.05) is 19.6 Å². The molecule has 4 rings (SSSR count). The normalized spacial score (nSPS) is 26.9. The topological polar surface area (TPSA) is 49.9 Å². The van der Waals surface area contributed by atoms with Crippen molar-refractivity contribution in [3.05, 3.63) is 22.4 Å². The Kier molecular flexibility index (Phi) is 4.12. The number of piperidine rings is 1. The molecule has 6 heteroatoms. The Bertz CT molecular complexity index is 618. The summed E-state index contributed by atoms with van der Waals surface area (Å²) >= 11 is 1.49. The van der Waals surface area contributed by atoms with Gasteiger partial charge in [0.15, 0.2) is 0 Å². The molecule has 130 valence electrons. The number of amides is 2. The van der Waals surface area contributed by atoms with E-state index < -0.39 is 0 Å². The smallest absolute Gasteiger partial charge is 0.263 e. The Morgan fingerprint density at radius 3 is 2.75 bits per heavy atom. The molecule has 2 saturated heterocycles. The predicted molar refractivity (Wildman–Crippen MR) is 92.0 cm³/mol. The fourth-order valence-electron chi connectivity index (χ4n) is 3.95. The van der Waals surface area contributed by atoms with Crippen LogP contribution in [0.25, 0.3) is 0 Å². The fourth-order valence-corrected chi connectivity index (χ4v) is 4.64. The summed E-state index contributed by atoms with van der Waals surface area (Å²) in [5, 5.41) is 1.94. The van der Waals surface area contributed by atoms with Gasteiger partial charge in [-0.3, -0.25) is 9.59 Å². The van der Waals surface area contributed by atoms with Crippen molar-refractivity contribution in [1.82, 2.24) is 9.80 Å². The Balaban J connectivity index is 1.43. The second kappa shape index (κ2) is 6.15. The van der Waals surface area contributed by atoms with Crippen LogP contribution in [-0.4, -0.2) is 59.5 Å². The molecule has 0 unspecified atom stereocenters. The zero-order chi connectivity index (χ0) is 16.7. The highest BCUT2D eigenvalue weighted by atomic mass is 32.1. The monoisotopic (exact) mass is 348 g/mol. The van der Waals surface area contributed by atoms with Crippen molar-refractivity contribution in [1.29, 1.82) is 0 Å². The third-order valence-electron chi connectivity index (χ3n) is 5.81. The van der Waals surface area contributed by atoms with Crippen molar-refractivity contribution < 1.29 is 14.3 Å². The summed E-state index contributed by atoms with van der Waals surface area (Å²) in [6.45, 7) is 4.59. The number of carbonyl (C=O) groups is 2. The number of ether oxygens (including phenoxy) is 1. The van der Waals surface area contributed by atoms with Crippen LogP contribution in [0.15, 0.2) is 17.5 Å². The van der Waals surface area contributed by atoms with Gasteiger partial charge in [-0.05, 0) is 50.0 Å². The number of thiophene rings is 1. The maximum absolute atomic E-state index is 12.5. The number of nitrogens with zero attached hydrogens (tertiary/aromatic N) is 2. The molecule has 1 aromatic rings. The van der Waals surface area contributed by atoms with E-state index in [9.17, 15) is 9.59 Å². The van der Waals surface area contributed by atoms with Crippen LogP contribution >= 0.6 is 11.3 Å². The molecule has 3 heterocycles. The van der Waals surface area contributed by atoms with Crippen molar-refractivity contribution in [3.8, 4) is 0 Å². The zero-order valence-corrected chi connectivity index (χ0v) is 14.9. The molecule has 1 atom stereocenters. The SMILES string of the molecule is C[C@H]1N(CC2CC2)C(=O)COC12CCN(C(=O)c1cccs1)CC2. The largest absolute Gasteiger partial charge is 0.363 e. The highest BCUT2D eigenvalue weighted by Crippen LogP contribution is 2.38. The molecular weight excluding hydrogens is 324 g/mol. The van der Waals surface area contributed by atoms with Crippen LogP contribution < -0.4 is 0 Å². The average molecular weight is 348 g/mol. The first-order valence-electron chi connectivity index (χ1n) is 8.85. The summed E-state index contributed by atoms with van der Waals surface area (Å²) in [5.41, 5.74) is -0.283. The van der Waals surface area contributed by atoms with Crippen LogP contribution in [0.4, 0.5) is 0 Å². The van der Waals surface area contributed by atoms with Crippen LogP contribution in [0.3, 0.4) is 0 Å². The zero-order valence-electron chi connectivity index (χ0n) is 14.1. The molecule has 1 saturated carbocycles. The molecule has 2 amide bonds. The van der Waals surface area contributed by atoms with Gasteiger partial charge in [-0.15, -0.1) is 11.3 Å². The Labute approximate surface area is 146 Å². The number of likely N-dealkylation sites (tertiary alicyclic amines) is 1. The molecular formula is C18H24N2O3S. The molecule has 1 spiro atoms. The molecule has 3 aliphatic rings. The second-order valence-corrected chi connectivity index (χ2v) is 8.24. The van der Waals surface area contributed by atoms with Gasteiger partial charge in [0.2, 0.25) is 5.91 Å². The minimum Gasteiger partial charge on any atom is -0.363 e. The maximum Gasteiger partial charge on any atom is 0.263 e. The molecule has 0 radical (unpaired) electrons. The summed E-state index contributed by atoms with van der Waals surface area (Å²) in [6.07, 6.45) is 4.10. The Hall–Kier alpha value is -1.40. The number of rotatable bonds is 3. The van der Waals surface area contributed by atoms with Crippen LogP contribution in [0.5, 0.6) is 0 Å². The van der Waals surface area contributed by atoms with E-state index in [-0.39, 0.29) is 30.1 Å². The molecule has 2 aliphatic heterocycles. The quantitative estimate of drug-likeness (QED) is 0.843. The third kappa shape index (κ3) is 2.86. The van der Waals surface area contributed by atoms with E-state index in [1.54, 1.807) is 0 Å². The first kappa shape index (κ1) is 16.1. The average Bonchev–Trinajstić information content (AvgIpc) is 3.25. The van der Waals surface area contributed by atoms with E-state index in [1.165, 1.54) is 24.2 Å². The highest BCUT2D eigenvalue weighted by Gasteiger charge is 2.49. The van der Waals surface area contributed by atoms with Crippen molar-refractivity contribution in [3.63, 3.8) is 0 Å². The van der Waals surface area contributed by atoms with E-state index in [0.29, 0.717) is 19.0 Å². The third-order valence-corrected chi connectivity index (χ3v) is 6.67. The molecule has 1 aliphatic carbocycles. The van der Waals surface area contributed by atoms with Gasteiger partial charge in [-0.1, -0.05) is 6.07 Å². The lowest BCUT2D eigenvalue weighted by molar-refractivity contribution is -0.185. The number of morpholine rings is 1. The van der Waals surface area contributed by atoms with E-state index in [0.717, 1.165) is 24.3 Å². The van der Waals surface area contributed by atoms with Gasteiger partial charge in [-0.2, -0.15) is 0 Å². The second-order valence-electron chi connectivity index (χ2n) is 7.29. The lowest BCUT2D eigenvalue weighted by Crippen LogP contribution is -2.64. The van der Waals surface area contributed by atoms with Crippen molar-refractivity contribution in [2.45, 2.75) is 44.2 Å². The van der Waals surface area contributed by atoms with Crippen molar-refractivity contribution >= 4 is 23.2 Å².